The van der Waals surface area contributed by atoms with Gasteiger partial charge in [0.1, 0.15) is 12.3 Å². The Morgan fingerprint density at radius 2 is 1.86 bits per heavy atom. The normalized spacial score (nSPS) is 11.9. The molecule has 29 heavy (non-hydrogen) atoms. The van der Waals surface area contributed by atoms with Crippen LogP contribution in [-0.4, -0.2) is 29.7 Å². The summed E-state index contributed by atoms with van der Waals surface area (Å²) in [5, 5.41) is 0.810. The van der Waals surface area contributed by atoms with Crippen LogP contribution < -0.4 is 9.54 Å². The van der Waals surface area contributed by atoms with Crippen molar-refractivity contribution in [2.45, 2.75) is 26.5 Å². The number of aromatic nitrogens is 1. The summed E-state index contributed by atoms with van der Waals surface area (Å²) in [7, 11) is 1.29. The van der Waals surface area contributed by atoms with Crippen LogP contribution >= 0.6 is 34.5 Å². The quantitative estimate of drug-likeness (QED) is 0.525. The van der Waals surface area contributed by atoms with Crippen LogP contribution in [0.3, 0.4) is 0 Å². The van der Waals surface area contributed by atoms with E-state index in [0.29, 0.717) is 36.4 Å². The molecule has 0 spiro atoms. The number of hydrogen-bond donors (Lipinski definition) is 0. The Hall–Kier alpha value is -2.35. The Balaban J connectivity index is 2.06. The average molecular weight is 453 g/mol. The number of amides is 1. The first kappa shape index (κ1) is 21.4. The lowest BCUT2D eigenvalue weighted by atomic mass is 10.2. The Morgan fingerprint density at radius 1 is 1.17 bits per heavy atom. The van der Waals surface area contributed by atoms with Crippen LogP contribution in [0.15, 0.2) is 41.4 Å². The fraction of sp³-hybridized carbons (Fsp3) is 0.250. The van der Waals surface area contributed by atoms with Gasteiger partial charge in [-0.3, -0.25) is 9.59 Å². The van der Waals surface area contributed by atoms with Gasteiger partial charge in [-0.1, -0.05) is 34.5 Å². The second-order valence-electron chi connectivity index (χ2n) is 6.39. The molecule has 0 N–H and O–H groups in total. The number of halogens is 2. The molecule has 0 unspecified atom stereocenters. The molecule has 0 aliphatic rings. The number of carbonyl (C=O) groups is 2. The molecule has 0 atom stereocenters. The summed E-state index contributed by atoms with van der Waals surface area (Å²) in [4.78, 5) is 29.1. The van der Waals surface area contributed by atoms with E-state index in [1.54, 1.807) is 41.0 Å². The van der Waals surface area contributed by atoms with Crippen molar-refractivity contribution < 1.29 is 19.1 Å². The van der Waals surface area contributed by atoms with Crippen LogP contribution in [0.1, 0.15) is 24.2 Å². The summed E-state index contributed by atoms with van der Waals surface area (Å²) < 4.78 is 12.6. The third kappa shape index (κ3) is 4.98. The van der Waals surface area contributed by atoms with Gasteiger partial charge in [-0.25, -0.2) is 0 Å². The van der Waals surface area contributed by atoms with Crippen molar-refractivity contribution in [2.75, 3.05) is 7.11 Å². The number of nitrogens with zero attached hydrogens (tertiary/aromatic N) is 2. The molecule has 0 fully saturated rings. The zero-order valence-electron chi connectivity index (χ0n) is 15.9. The maximum atomic E-state index is 12.7. The molecule has 2 aromatic carbocycles. The lowest BCUT2D eigenvalue weighted by Gasteiger charge is -2.09. The van der Waals surface area contributed by atoms with Gasteiger partial charge in [-0.05, 0) is 50.2 Å². The average Bonchev–Trinajstić information content (AvgIpc) is 2.98. The number of methoxy groups -OCH3 is 1. The molecule has 3 aromatic rings. The second kappa shape index (κ2) is 8.98. The van der Waals surface area contributed by atoms with Gasteiger partial charge in [0.25, 0.3) is 5.91 Å². The maximum absolute atomic E-state index is 12.7. The molecule has 0 bridgehead atoms. The van der Waals surface area contributed by atoms with Gasteiger partial charge in [0, 0.05) is 10.6 Å². The highest BCUT2D eigenvalue weighted by molar-refractivity contribution is 7.16. The monoisotopic (exact) mass is 452 g/mol. The lowest BCUT2D eigenvalue weighted by molar-refractivity contribution is -0.141. The van der Waals surface area contributed by atoms with Gasteiger partial charge in [-0.2, -0.15) is 4.99 Å². The van der Waals surface area contributed by atoms with Crippen molar-refractivity contribution >= 4 is 56.6 Å². The Kier molecular flexibility index (Phi) is 6.62. The third-order valence-electron chi connectivity index (χ3n) is 3.88. The number of hydrogen-bond acceptors (Lipinski definition) is 5. The highest BCUT2D eigenvalue weighted by atomic mass is 35.5. The number of thiazole rings is 1. The van der Waals surface area contributed by atoms with Crippen molar-refractivity contribution in [3.8, 4) is 5.75 Å². The minimum Gasteiger partial charge on any atom is -0.491 e. The molecule has 0 saturated heterocycles. The van der Waals surface area contributed by atoms with E-state index in [1.807, 2.05) is 13.8 Å². The fourth-order valence-corrected chi connectivity index (χ4v) is 4.46. The van der Waals surface area contributed by atoms with Gasteiger partial charge in [0.2, 0.25) is 0 Å². The van der Waals surface area contributed by atoms with E-state index in [1.165, 1.54) is 18.4 Å². The van der Waals surface area contributed by atoms with Gasteiger partial charge in [0.05, 0.1) is 28.5 Å². The first-order valence-corrected chi connectivity index (χ1v) is 10.3. The number of esters is 1. The zero-order chi connectivity index (χ0) is 21.1. The topological polar surface area (TPSA) is 69.9 Å². The van der Waals surface area contributed by atoms with Crippen LogP contribution in [0.25, 0.3) is 10.2 Å². The summed E-state index contributed by atoms with van der Waals surface area (Å²) in [6.45, 7) is 3.71. The Morgan fingerprint density at radius 3 is 2.48 bits per heavy atom. The van der Waals surface area contributed by atoms with Crippen molar-refractivity contribution in [1.29, 1.82) is 0 Å². The smallest absolute Gasteiger partial charge is 0.325 e. The number of benzene rings is 2. The molecular formula is C20H18Cl2N2O4S. The predicted octanol–water partition coefficient (Wildman–Crippen LogP) is 4.71. The van der Waals surface area contributed by atoms with Crippen LogP contribution in [0.2, 0.25) is 10.0 Å². The largest absolute Gasteiger partial charge is 0.491 e. The molecule has 1 heterocycles. The van der Waals surface area contributed by atoms with E-state index in [-0.39, 0.29) is 12.6 Å². The number of rotatable bonds is 5. The van der Waals surface area contributed by atoms with Gasteiger partial charge in [-0.15, -0.1) is 0 Å². The van der Waals surface area contributed by atoms with E-state index in [4.69, 9.17) is 32.7 Å². The molecule has 0 aliphatic carbocycles. The van der Waals surface area contributed by atoms with Crippen LogP contribution in [-0.2, 0) is 16.1 Å². The third-order valence-corrected chi connectivity index (χ3v) is 5.41. The van der Waals surface area contributed by atoms with Crippen LogP contribution in [0, 0.1) is 0 Å². The van der Waals surface area contributed by atoms with Crippen molar-refractivity contribution in [1.82, 2.24) is 4.57 Å². The first-order chi connectivity index (χ1) is 13.8. The van der Waals surface area contributed by atoms with Crippen LogP contribution in [0.4, 0.5) is 0 Å². The standard InChI is InChI=1S/C20H18Cl2N2O4S/c1-11(2)28-14-6-4-12(5-7-14)19(26)23-20-24(10-17(25)27-3)18-15(22)8-13(21)9-16(18)29-20/h4-9,11H,10H2,1-3H3. The van der Waals surface area contributed by atoms with Crippen LogP contribution in [0.5, 0.6) is 5.75 Å². The lowest BCUT2D eigenvalue weighted by Crippen LogP contribution is -2.22. The fourth-order valence-electron chi connectivity index (χ4n) is 2.65. The van der Waals surface area contributed by atoms with E-state index in [9.17, 15) is 9.59 Å². The molecule has 9 heteroatoms. The van der Waals surface area contributed by atoms with Gasteiger partial charge < -0.3 is 14.0 Å². The molecule has 0 aliphatic heterocycles. The number of carbonyl (C=O) groups excluding carboxylic acids is 2. The molecule has 1 amide bonds. The summed E-state index contributed by atoms with van der Waals surface area (Å²) in [5.41, 5.74) is 0.964. The maximum Gasteiger partial charge on any atom is 0.325 e. The summed E-state index contributed by atoms with van der Waals surface area (Å²) >= 11 is 13.6. The minimum absolute atomic E-state index is 0.0358. The number of ether oxygens (including phenoxy) is 2. The molecule has 152 valence electrons. The Labute approximate surface area is 181 Å². The molecule has 0 radical (unpaired) electrons. The highest BCUT2D eigenvalue weighted by Crippen LogP contribution is 2.29. The van der Waals surface area contributed by atoms with E-state index in [2.05, 4.69) is 4.99 Å². The molecule has 6 nitrogen and oxygen atoms in total. The second-order valence-corrected chi connectivity index (χ2v) is 8.24. The SMILES string of the molecule is COC(=O)Cn1c(=NC(=O)c2ccc(OC(C)C)cc2)sc2cc(Cl)cc(Cl)c21. The Bertz CT molecular complexity index is 1130. The number of fused-ring (bicyclic) bond motifs is 1. The van der Waals surface area contributed by atoms with E-state index in [0.717, 1.165) is 0 Å². The predicted molar refractivity (Wildman–Crippen MR) is 114 cm³/mol. The molecule has 0 saturated carbocycles. The summed E-state index contributed by atoms with van der Waals surface area (Å²) in [5.74, 6) is -0.270. The molecule has 1 aromatic heterocycles. The summed E-state index contributed by atoms with van der Waals surface area (Å²) in [6, 6.07) is 10.0. The van der Waals surface area contributed by atoms with Crippen molar-refractivity contribution in [2.24, 2.45) is 4.99 Å². The van der Waals surface area contributed by atoms with E-state index >= 15 is 0 Å². The van der Waals surface area contributed by atoms with Crippen molar-refractivity contribution in [3.05, 3.63) is 56.8 Å². The molecular weight excluding hydrogens is 435 g/mol. The minimum atomic E-state index is -0.486. The summed E-state index contributed by atoms with van der Waals surface area (Å²) in [6.07, 6.45) is 0.0358. The first-order valence-electron chi connectivity index (χ1n) is 8.69. The van der Waals surface area contributed by atoms with Gasteiger partial charge >= 0.3 is 5.97 Å². The highest BCUT2D eigenvalue weighted by Gasteiger charge is 2.16. The molecule has 3 rings (SSSR count). The van der Waals surface area contributed by atoms with Gasteiger partial charge in [0.15, 0.2) is 4.80 Å². The zero-order valence-corrected chi connectivity index (χ0v) is 18.3. The van der Waals surface area contributed by atoms with Crippen molar-refractivity contribution in [3.63, 3.8) is 0 Å². The van der Waals surface area contributed by atoms with E-state index < -0.39 is 11.9 Å².